The van der Waals surface area contributed by atoms with Crippen LogP contribution in [-0.4, -0.2) is 0 Å². The summed E-state index contributed by atoms with van der Waals surface area (Å²) in [6.45, 7) is 0. The summed E-state index contributed by atoms with van der Waals surface area (Å²) in [6.07, 6.45) is 11.0. The van der Waals surface area contributed by atoms with Gasteiger partial charge >= 0.3 is 0 Å². The highest BCUT2D eigenvalue weighted by atomic mass is 32.1. The highest BCUT2D eigenvalue weighted by molar-refractivity contribution is 7.20. The monoisotopic (exact) mass is 238 g/mol. The first-order chi connectivity index (χ1) is 7.83. The molecule has 0 aliphatic rings. The van der Waals surface area contributed by atoms with Crippen molar-refractivity contribution in [3.8, 4) is 24.7 Å². The smallest absolute Gasteiger partial charge is 0.0934 e. The zero-order valence-electron chi connectivity index (χ0n) is 8.28. The molecule has 0 saturated heterocycles. The van der Waals surface area contributed by atoms with Crippen LogP contribution < -0.4 is 0 Å². The highest BCUT2D eigenvalue weighted by Crippen LogP contribution is 2.35. The lowest BCUT2D eigenvalue weighted by Gasteiger charge is -1.92. The molecule has 0 nitrogen and oxygen atoms in total. The Kier molecular flexibility index (Phi) is 2.01. The normalized spacial score (nSPS) is 10.4. The maximum absolute atomic E-state index is 5.52. The molecule has 0 aliphatic carbocycles. The number of terminal acetylenes is 2. The van der Waals surface area contributed by atoms with Crippen molar-refractivity contribution in [3.63, 3.8) is 0 Å². The van der Waals surface area contributed by atoms with E-state index >= 15 is 0 Å². The van der Waals surface area contributed by atoms with Gasteiger partial charge in [0.05, 0.1) is 10.4 Å². The molecule has 0 spiro atoms. The number of hydrogen-bond donors (Lipinski definition) is 0. The second-order valence-corrected chi connectivity index (χ2v) is 5.40. The lowest BCUT2D eigenvalue weighted by Crippen LogP contribution is -1.73. The second kappa shape index (κ2) is 3.39. The Morgan fingerprint density at radius 2 is 1.94 bits per heavy atom. The van der Waals surface area contributed by atoms with Crippen molar-refractivity contribution in [1.29, 1.82) is 0 Å². The zero-order valence-corrected chi connectivity index (χ0v) is 9.91. The molecule has 0 atom stereocenters. The summed E-state index contributed by atoms with van der Waals surface area (Å²) in [5, 5.41) is 4.45. The quantitative estimate of drug-likeness (QED) is 0.518. The molecule has 3 aromatic rings. The summed E-state index contributed by atoms with van der Waals surface area (Å²) in [5.74, 6) is 5.36. The molecule has 0 aliphatic heterocycles. The van der Waals surface area contributed by atoms with Crippen LogP contribution >= 0.6 is 22.7 Å². The summed E-state index contributed by atoms with van der Waals surface area (Å²) in [6, 6.07) is 6.42. The van der Waals surface area contributed by atoms with Crippen LogP contribution in [0.15, 0.2) is 23.6 Å². The van der Waals surface area contributed by atoms with Crippen molar-refractivity contribution in [2.75, 3.05) is 0 Å². The molecule has 0 fully saturated rings. The van der Waals surface area contributed by atoms with Crippen molar-refractivity contribution in [1.82, 2.24) is 0 Å². The van der Waals surface area contributed by atoms with Crippen LogP contribution in [0.25, 0.3) is 20.2 Å². The summed E-state index contributed by atoms with van der Waals surface area (Å²) in [5.41, 5.74) is 0.859. The molecular weight excluding hydrogens is 232 g/mol. The topological polar surface area (TPSA) is 0 Å². The minimum atomic E-state index is 0.857. The van der Waals surface area contributed by atoms with Crippen molar-refractivity contribution in [3.05, 3.63) is 34.0 Å². The van der Waals surface area contributed by atoms with Gasteiger partial charge in [0.2, 0.25) is 0 Å². The van der Waals surface area contributed by atoms with Gasteiger partial charge in [0.1, 0.15) is 0 Å². The van der Waals surface area contributed by atoms with Crippen LogP contribution in [0.5, 0.6) is 0 Å². The third-order valence-electron chi connectivity index (χ3n) is 2.54. The summed E-state index contributed by atoms with van der Waals surface area (Å²) >= 11 is 3.32. The Hall–Kier alpha value is -1.74. The molecule has 2 aromatic heterocycles. The molecule has 0 bridgehead atoms. The van der Waals surface area contributed by atoms with E-state index in [0.29, 0.717) is 0 Å². The Morgan fingerprint density at radius 1 is 1.06 bits per heavy atom. The van der Waals surface area contributed by atoms with Gasteiger partial charge in [0.15, 0.2) is 0 Å². The van der Waals surface area contributed by atoms with E-state index in [9.17, 15) is 0 Å². The molecule has 1 aromatic carbocycles. The molecule has 0 radical (unpaired) electrons. The van der Waals surface area contributed by atoms with Gasteiger partial charge in [0.25, 0.3) is 0 Å². The minimum absolute atomic E-state index is 0.857. The average Bonchev–Trinajstić information content (AvgIpc) is 2.87. The van der Waals surface area contributed by atoms with Crippen LogP contribution in [0, 0.1) is 24.7 Å². The lowest BCUT2D eigenvalue weighted by atomic mass is 10.1. The molecule has 16 heavy (non-hydrogen) atoms. The third-order valence-corrected chi connectivity index (χ3v) is 4.50. The first-order valence-electron chi connectivity index (χ1n) is 4.70. The minimum Gasteiger partial charge on any atom is -0.144 e. The van der Waals surface area contributed by atoms with Crippen LogP contribution in [0.1, 0.15) is 10.4 Å². The van der Waals surface area contributed by atoms with E-state index in [1.807, 2.05) is 0 Å². The molecule has 0 unspecified atom stereocenters. The molecular formula is C14H6S2. The predicted octanol–water partition coefficient (Wildman–Crippen LogP) is 4.08. The maximum atomic E-state index is 5.52. The SMILES string of the molecule is C#Cc1sc2cc3ccsc3cc2c1C#C. The predicted molar refractivity (Wildman–Crippen MR) is 73.1 cm³/mol. The molecule has 74 valence electrons. The number of fused-ring (bicyclic) bond motifs is 2. The van der Waals surface area contributed by atoms with Crippen LogP contribution in [0.3, 0.4) is 0 Å². The van der Waals surface area contributed by atoms with Gasteiger partial charge in [-0.25, -0.2) is 0 Å². The van der Waals surface area contributed by atoms with E-state index in [1.165, 1.54) is 14.8 Å². The van der Waals surface area contributed by atoms with Gasteiger partial charge < -0.3 is 0 Å². The van der Waals surface area contributed by atoms with Crippen molar-refractivity contribution >= 4 is 42.8 Å². The van der Waals surface area contributed by atoms with Crippen molar-refractivity contribution < 1.29 is 0 Å². The lowest BCUT2D eigenvalue weighted by molar-refractivity contribution is 1.87. The van der Waals surface area contributed by atoms with Gasteiger partial charge in [-0.2, -0.15) is 0 Å². The largest absolute Gasteiger partial charge is 0.144 e. The van der Waals surface area contributed by atoms with E-state index in [0.717, 1.165) is 15.8 Å². The summed E-state index contributed by atoms with van der Waals surface area (Å²) < 4.78 is 2.43. The Morgan fingerprint density at radius 3 is 2.69 bits per heavy atom. The first-order valence-corrected chi connectivity index (χ1v) is 6.40. The average molecular weight is 238 g/mol. The fourth-order valence-electron chi connectivity index (χ4n) is 1.80. The van der Waals surface area contributed by atoms with Crippen LogP contribution in [0.4, 0.5) is 0 Å². The number of thiophene rings is 2. The zero-order chi connectivity index (χ0) is 11.1. The molecule has 0 saturated carbocycles. The highest BCUT2D eigenvalue weighted by Gasteiger charge is 2.10. The van der Waals surface area contributed by atoms with Gasteiger partial charge in [-0.05, 0) is 29.0 Å². The van der Waals surface area contributed by atoms with Crippen LogP contribution in [0.2, 0.25) is 0 Å². The van der Waals surface area contributed by atoms with Gasteiger partial charge in [0, 0.05) is 14.8 Å². The van der Waals surface area contributed by atoms with E-state index in [-0.39, 0.29) is 0 Å². The second-order valence-electron chi connectivity index (χ2n) is 3.40. The standard InChI is InChI=1S/C14H6S2/c1-3-10-11-8-13-9(5-6-15-13)7-14(11)16-12(10)4-2/h1-2,5-8H. The Labute approximate surface area is 102 Å². The molecule has 0 amide bonds. The van der Waals surface area contributed by atoms with Gasteiger partial charge in [-0.15, -0.1) is 35.5 Å². The van der Waals surface area contributed by atoms with Crippen LogP contribution in [-0.2, 0) is 0 Å². The molecule has 2 heterocycles. The van der Waals surface area contributed by atoms with E-state index in [4.69, 9.17) is 12.8 Å². The van der Waals surface area contributed by atoms with Gasteiger partial charge in [-0.1, -0.05) is 11.8 Å². The van der Waals surface area contributed by atoms with Crippen molar-refractivity contribution in [2.45, 2.75) is 0 Å². The van der Waals surface area contributed by atoms with E-state index in [1.54, 1.807) is 22.7 Å². The Bertz CT molecular complexity index is 773. The maximum Gasteiger partial charge on any atom is 0.0934 e. The number of hydrogen-bond acceptors (Lipinski definition) is 2. The fourth-order valence-corrected chi connectivity index (χ4v) is 3.61. The molecule has 2 heteroatoms. The van der Waals surface area contributed by atoms with Gasteiger partial charge in [-0.3, -0.25) is 0 Å². The third kappa shape index (κ3) is 1.18. The Balaban J connectivity index is 2.54. The summed E-state index contributed by atoms with van der Waals surface area (Å²) in [7, 11) is 0. The van der Waals surface area contributed by atoms with E-state index in [2.05, 4.69) is 35.4 Å². The first kappa shape index (κ1) is 9.48. The van der Waals surface area contributed by atoms with Crippen molar-refractivity contribution in [2.24, 2.45) is 0 Å². The fraction of sp³-hybridized carbons (Fsp3) is 0. The van der Waals surface area contributed by atoms with E-state index < -0.39 is 0 Å². The molecule has 3 rings (SSSR count). The summed E-state index contributed by atoms with van der Waals surface area (Å²) in [4.78, 5) is 0.857. The number of benzene rings is 1. The molecule has 0 N–H and O–H groups in total. The number of rotatable bonds is 0.